The Morgan fingerprint density at radius 2 is 2.05 bits per heavy atom. The smallest absolute Gasteiger partial charge is 0.0964 e. The number of aliphatic hydroxyl groups excluding tert-OH is 1. The number of nitrogens with one attached hydrogen (secondary N) is 1. The van der Waals surface area contributed by atoms with Crippen LogP contribution in [0.3, 0.4) is 0 Å². The van der Waals surface area contributed by atoms with Crippen molar-refractivity contribution in [3.63, 3.8) is 0 Å². The van der Waals surface area contributed by atoms with E-state index in [1.54, 1.807) is 4.68 Å². The quantitative estimate of drug-likeness (QED) is 0.596. The number of aliphatic hydroxyl groups is 1. The van der Waals surface area contributed by atoms with Crippen molar-refractivity contribution in [3.05, 3.63) is 11.9 Å². The van der Waals surface area contributed by atoms with E-state index in [0.29, 0.717) is 6.54 Å². The molecule has 2 rings (SSSR count). The summed E-state index contributed by atoms with van der Waals surface area (Å²) in [4.78, 5) is 4.91. The molecule has 1 aromatic heterocycles. The Bertz CT molecular complexity index is 375. The number of likely N-dealkylation sites (N-methyl/N-ethyl adjacent to an activating group) is 1. The summed E-state index contributed by atoms with van der Waals surface area (Å²) >= 11 is 0. The van der Waals surface area contributed by atoms with Crippen LogP contribution in [0.5, 0.6) is 0 Å². The summed E-state index contributed by atoms with van der Waals surface area (Å²) in [6.07, 6.45) is 3.04. The van der Waals surface area contributed by atoms with Crippen LogP contribution in [0.15, 0.2) is 6.20 Å². The molecule has 2 N–H and O–H groups in total. The van der Waals surface area contributed by atoms with Gasteiger partial charge in [0.15, 0.2) is 0 Å². The van der Waals surface area contributed by atoms with Gasteiger partial charge >= 0.3 is 0 Å². The van der Waals surface area contributed by atoms with E-state index in [4.69, 9.17) is 5.11 Å². The van der Waals surface area contributed by atoms with Crippen molar-refractivity contribution in [2.24, 2.45) is 0 Å². The number of piperazine rings is 1. The summed E-state index contributed by atoms with van der Waals surface area (Å²) < 4.78 is 1.67. The minimum atomic E-state index is 0.0985. The SMILES string of the molecule is CN1CCN(CCCNCc2cn(CCO)nn2)CC1. The third-order valence-corrected chi connectivity index (χ3v) is 3.65. The predicted octanol–water partition coefficient (Wildman–Crippen LogP) is -1.00. The van der Waals surface area contributed by atoms with Crippen molar-refractivity contribution in [1.82, 2.24) is 30.1 Å². The van der Waals surface area contributed by atoms with E-state index in [0.717, 1.165) is 31.7 Å². The van der Waals surface area contributed by atoms with Crippen molar-refractivity contribution < 1.29 is 5.11 Å². The highest BCUT2D eigenvalue weighted by Crippen LogP contribution is 1.99. The normalized spacial score (nSPS) is 17.7. The molecule has 20 heavy (non-hydrogen) atoms. The molecule has 1 saturated heterocycles. The highest BCUT2D eigenvalue weighted by Gasteiger charge is 2.12. The zero-order valence-corrected chi connectivity index (χ0v) is 12.3. The molecule has 7 heteroatoms. The maximum Gasteiger partial charge on any atom is 0.0964 e. The highest BCUT2D eigenvalue weighted by atomic mass is 16.3. The van der Waals surface area contributed by atoms with Crippen molar-refractivity contribution in [2.75, 3.05) is 52.9 Å². The zero-order valence-electron chi connectivity index (χ0n) is 12.3. The largest absolute Gasteiger partial charge is 0.394 e. The van der Waals surface area contributed by atoms with E-state index in [1.807, 2.05) is 6.20 Å². The second-order valence-electron chi connectivity index (χ2n) is 5.37. The van der Waals surface area contributed by atoms with E-state index in [1.165, 1.54) is 26.2 Å². The molecule has 0 saturated carbocycles. The molecule has 0 spiro atoms. The fourth-order valence-corrected chi connectivity index (χ4v) is 2.35. The van der Waals surface area contributed by atoms with Gasteiger partial charge in [0.1, 0.15) is 0 Å². The van der Waals surface area contributed by atoms with Crippen molar-refractivity contribution in [3.8, 4) is 0 Å². The van der Waals surface area contributed by atoms with Gasteiger partial charge in [0.05, 0.1) is 18.8 Å². The van der Waals surface area contributed by atoms with Gasteiger partial charge in [-0.2, -0.15) is 0 Å². The van der Waals surface area contributed by atoms with Crippen LogP contribution in [-0.2, 0) is 13.1 Å². The topological polar surface area (TPSA) is 69.5 Å². The number of hydrogen-bond donors (Lipinski definition) is 2. The van der Waals surface area contributed by atoms with E-state index in [2.05, 4.69) is 32.5 Å². The van der Waals surface area contributed by atoms with Gasteiger partial charge in [-0.25, -0.2) is 4.68 Å². The summed E-state index contributed by atoms with van der Waals surface area (Å²) in [7, 11) is 2.18. The minimum Gasteiger partial charge on any atom is -0.394 e. The Kier molecular flexibility index (Phi) is 6.38. The zero-order chi connectivity index (χ0) is 14.2. The second-order valence-corrected chi connectivity index (χ2v) is 5.37. The number of aromatic nitrogens is 3. The first-order valence-electron chi connectivity index (χ1n) is 7.39. The summed E-state index contributed by atoms with van der Waals surface area (Å²) in [6.45, 7) is 8.25. The molecule has 1 aliphatic rings. The number of nitrogens with zero attached hydrogens (tertiary/aromatic N) is 5. The van der Waals surface area contributed by atoms with Gasteiger partial charge in [0.2, 0.25) is 0 Å². The molecular formula is C13H26N6O. The molecule has 0 bridgehead atoms. The first-order valence-corrected chi connectivity index (χ1v) is 7.39. The first kappa shape index (κ1) is 15.4. The molecule has 2 heterocycles. The van der Waals surface area contributed by atoms with Crippen LogP contribution in [0.4, 0.5) is 0 Å². The fourth-order valence-electron chi connectivity index (χ4n) is 2.35. The first-order chi connectivity index (χ1) is 9.78. The summed E-state index contributed by atoms with van der Waals surface area (Å²) in [5, 5.41) is 20.2. The monoisotopic (exact) mass is 282 g/mol. The summed E-state index contributed by atoms with van der Waals surface area (Å²) in [6, 6.07) is 0. The lowest BCUT2D eigenvalue weighted by molar-refractivity contribution is 0.152. The maximum absolute atomic E-state index is 8.80. The fraction of sp³-hybridized carbons (Fsp3) is 0.846. The molecule has 7 nitrogen and oxygen atoms in total. The van der Waals surface area contributed by atoms with Crippen molar-refractivity contribution in [2.45, 2.75) is 19.5 Å². The van der Waals surface area contributed by atoms with Gasteiger partial charge in [0.25, 0.3) is 0 Å². The predicted molar refractivity (Wildman–Crippen MR) is 77.4 cm³/mol. The lowest BCUT2D eigenvalue weighted by Crippen LogP contribution is -2.45. The van der Waals surface area contributed by atoms with Crippen LogP contribution in [0.2, 0.25) is 0 Å². The maximum atomic E-state index is 8.80. The molecule has 0 aliphatic carbocycles. The molecule has 1 fully saturated rings. The molecule has 114 valence electrons. The molecule has 0 unspecified atom stereocenters. The standard InChI is InChI=1S/C13H26N6O/c1-17-5-7-18(8-6-17)4-2-3-14-11-13-12-19(9-10-20)16-15-13/h12,14,20H,2-11H2,1H3. The lowest BCUT2D eigenvalue weighted by atomic mass is 10.3. The van der Waals surface area contributed by atoms with E-state index < -0.39 is 0 Å². The Hall–Kier alpha value is -1.02. The van der Waals surface area contributed by atoms with Gasteiger partial charge in [-0.3, -0.25) is 0 Å². The Morgan fingerprint density at radius 1 is 1.25 bits per heavy atom. The van der Waals surface area contributed by atoms with Gasteiger partial charge in [-0.05, 0) is 26.6 Å². The molecule has 1 aliphatic heterocycles. The average molecular weight is 282 g/mol. The van der Waals surface area contributed by atoms with Crippen molar-refractivity contribution >= 4 is 0 Å². The second kappa shape index (κ2) is 8.31. The lowest BCUT2D eigenvalue weighted by Gasteiger charge is -2.32. The van der Waals surface area contributed by atoms with Crippen LogP contribution in [0, 0.1) is 0 Å². The van der Waals surface area contributed by atoms with Gasteiger partial charge in [0, 0.05) is 38.9 Å². The average Bonchev–Trinajstić information content (AvgIpc) is 2.89. The van der Waals surface area contributed by atoms with Gasteiger partial charge in [-0.1, -0.05) is 5.21 Å². The van der Waals surface area contributed by atoms with Gasteiger partial charge in [-0.15, -0.1) is 5.10 Å². The molecule has 0 radical (unpaired) electrons. The number of rotatable bonds is 8. The van der Waals surface area contributed by atoms with Crippen LogP contribution < -0.4 is 5.32 Å². The van der Waals surface area contributed by atoms with E-state index in [9.17, 15) is 0 Å². The van der Waals surface area contributed by atoms with Crippen LogP contribution in [0.25, 0.3) is 0 Å². The third kappa shape index (κ3) is 5.16. The highest BCUT2D eigenvalue weighted by molar-refractivity contribution is 4.91. The Balaban J connectivity index is 1.52. The van der Waals surface area contributed by atoms with E-state index >= 15 is 0 Å². The Labute approximate surface area is 120 Å². The molecule has 1 aromatic rings. The third-order valence-electron chi connectivity index (χ3n) is 3.65. The van der Waals surface area contributed by atoms with Gasteiger partial charge < -0.3 is 20.2 Å². The van der Waals surface area contributed by atoms with Crippen LogP contribution in [-0.4, -0.2) is 82.8 Å². The molecule has 0 aromatic carbocycles. The van der Waals surface area contributed by atoms with E-state index in [-0.39, 0.29) is 6.61 Å². The molecular weight excluding hydrogens is 256 g/mol. The van der Waals surface area contributed by atoms with Crippen LogP contribution in [0.1, 0.15) is 12.1 Å². The summed E-state index contributed by atoms with van der Waals surface area (Å²) in [5.41, 5.74) is 0.929. The van der Waals surface area contributed by atoms with Crippen LogP contribution >= 0.6 is 0 Å². The summed E-state index contributed by atoms with van der Waals surface area (Å²) in [5.74, 6) is 0. The van der Waals surface area contributed by atoms with Crippen molar-refractivity contribution in [1.29, 1.82) is 0 Å². The number of hydrogen-bond acceptors (Lipinski definition) is 6. The molecule has 0 atom stereocenters. The Morgan fingerprint density at radius 3 is 2.80 bits per heavy atom. The molecule has 0 amide bonds. The minimum absolute atomic E-state index is 0.0985.